The molecule has 96 valence electrons. The van der Waals surface area contributed by atoms with Gasteiger partial charge in [-0.1, -0.05) is 29.8 Å². The number of hydrogen-bond acceptors (Lipinski definition) is 3. The maximum atomic E-state index is 11.0. The third kappa shape index (κ3) is 2.13. The Balaban J connectivity index is 2.21. The van der Waals surface area contributed by atoms with Crippen molar-refractivity contribution < 1.29 is 9.90 Å². The lowest BCUT2D eigenvalue weighted by Gasteiger charge is -2.04. The zero-order valence-electron chi connectivity index (χ0n) is 10.3. The summed E-state index contributed by atoms with van der Waals surface area (Å²) in [5.41, 5.74) is 3.13. The molecule has 19 heavy (non-hydrogen) atoms. The number of aromatic nitrogens is 2. The Labute approximate surface area is 114 Å². The molecule has 0 fully saturated rings. The fourth-order valence-corrected chi connectivity index (χ4v) is 3.19. The van der Waals surface area contributed by atoms with Crippen LogP contribution in [0.15, 0.2) is 36.7 Å². The summed E-state index contributed by atoms with van der Waals surface area (Å²) in [5, 5.41) is 9.02. The van der Waals surface area contributed by atoms with Crippen molar-refractivity contribution in [3.05, 3.63) is 47.1 Å². The summed E-state index contributed by atoms with van der Waals surface area (Å²) in [6.45, 7) is 2.03. The predicted octanol–water partition coefficient (Wildman–Crippen LogP) is 3.00. The van der Waals surface area contributed by atoms with Gasteiger partial charge in [0.05, 0.1) is 12.1 Å². The number of hydrogen-bond donors (Lipinski definition) is 1. The number of thiazole rings is 1. The molecule has 1 N–H and O–H groups in total. The maximum Gasteiger partial charge on any atom is 0.308 e. The van der Waals surface area contributed by atoms with Gasteiger partial charge in [-0.2, -0.15) is 0 Å². The quantitative estimate of drug-likeness (QED) is 0.797. The van der Waals surface area contributed by atoms with Crippen LogP contribution < -0.4 is 0 Å². The molecule has 0 bridgehead atoms. The highest BCUT2D eigenvalue weighted by molar-refractivity contribution is 7.17. The molecule has 0 saturated carbocycles. The van der Waals surface area contributed by atoms with E-state index in [0.717, 1.165) is 21.1 Å². The zero-order chi connectivity index (χ0) is 13.4. The number of fused-ring (bicyclic) bond motifs is 1. The van der Waals surface area contributed by atoms with E-state index in [1.807, 2.05) is 41.8 Å². The largest absolute Gasteiger partial charge is 0.481 e. The third-order valence-corrected chi connectivity index (χ3v) is 4.03. The van der Waals surface area contributed by atoms with E-state index in [9.17, 15) is 4.79 Å². The molecule has 3 rings (SSSR count). The van der Waals surface area contributed by atoms with Crippen LogP contribution in [0.3, 0.4) is 0 Å². The monoisotopic (exact) mass is 272 g/mol. The molecule has 0 unspecified atom stereocenters. The first kappa shape index (κ1) is 11.9. The molecule has 0 aliphatic carbocycles. The Morgan fingerprint density at radius 1 is 1.37 bits per heavy atom. The number of carbonyl (C=O) groups is 1. The van der Waals surface area contributed by atoms with Crippen molar-refractivity contribution in [1.29, 1.82) is 0 Å². The van der Waals surface area contributed by atoms with Crippen molar-refractivity contribution >= 4 is 22.3 Å². The first-order valence-corrected chi connectivity index (χ1v) is 6.70. The molecule has 0 atom stereocenters. The lowest BCUT2D eigenvalue weighted by atomic mass is 10.1. The number of aliphatic carboxylic acids is 1. The van der Waals surface area contributed by atoms with Gasteiger partial charge in [0.15, 0.2) is 4.96 Å². The second kappa shape index (κ2) is 4.51. The van der Waals surface area contributed by atoms with Crippen molar-refractivity contribution in [3.63, 3.8) is 0 Å². The summed E-state index contributed by atoms with van der Waals surface area (Å²) in [5.74, 6) is -0.821. The molecule has 0 aliphatic rings. The summed E-state index contributed by atoms with van der Waals surface area (Å²) in [6, 6.07) is 8.09. The first-order chi connectivity index (χ1) is 9.15. The van der Waals surface area contributed by atoms with E-state index in [0.29, 0.717) is 0 Å². The maximum absolute atomic E-state index is 11.0. The van der Waals surface area contributed by atoms with E-state index in [1.165, 1.54) is 16.9 Å². The normalized spacial score (nSPS) is 11.0. The SMILES string of the molecule is Cc1ccc(-c2c(CC(=O)O)sc3nccn23)cc1. The minimum atomic E-state index is -0.821. The molecule has 0 aliphatic heterocycles. The molecule has 1 aromatic carbocycles. The van der Waals surface area contributed by atoms with E-state index < -0.39 is 5.97 Å². The molecule has 2 aromatic heterocycles. The number of aryl methyl sites for hydroxylation is 1. The number of imidazole rings is 1. The van der Waals surface area contributed by atoms with Gasteiger partial charge in [-0.25, -0.2) is 4.98 Å². The fourth-order valence-electron chi connectivity index (χ4n) is 2.10. The van der Waals surface area contributed by atoms with Gasteiger partial charge in [0.25, 0.3) is 0 Å². The van der Waals surface area contributed by atoms with Crippen LogP contribution in [0.4, 0.5) is 0 Å². The number of rotatable bonds is 3. The number of nitrogens with zero attached hydrogens (tertiary/aromatic N) is 2. The summed E-state index contributed by atoms with van der Waals surface area (Å²) in [7, 11) is 0. The minimum absolute atomic E-state index is 0.0250. The lowest BCUT2D eigenvalue weighted by Crippen LogP contribution is -2.00. The average molecular weight is 272 g/mol. The number of benzene rings is 1. The van der Waals surface area contributed by atoms with Crippen molar-refractivity contribution in [2.45, 2.75) is 13.3 Å². The van der Waals surface area contributed by atoms with Gasteiger partial charge in [0.1, 0.15) is 0 Å². The fraction of sp³-hybridized carbons (Fsp3) is 0.143. The van der Waals surface area contributed by atoms with Gasteiger partial charge in [-0.15, -0.1) is 11.3 Å². The van der Waals surface area contributed by atoms with Crippen molar-refractivity contribution in [3.8, 4) is 11.3 Å². The van der Waals surface area contributed by atoms with Crippen LogP contribution >= 0.6 is 11.3 Å². The van der Waals surface area contributed by atoms with Crippen LogP contribution in [0.1, 0.15) is 10.4 Å². The number of carboxylic acids is 1. The summed E-state index contributed by atoms with van der Waals surface area (Å²) < 4.78 is 1.95. The standard InChI is InChI=1S/C14H12N2O2S/c1-9-2-4-10(5-3-9)13-11(8-12(17)18)19-14-15-6-7-16(13)14/h2-7H,8H2,1H3,(H,17,18). The Kier molecular flexibility index (Phi) is 2.83. The highest BCUT2D eigenvalue weighted by Gasteiger charge is 2.16. The van der Waals surface area contributed by atoms with Crippen molar-refractivity contribution in [1.82, 2.24) is 9.38 Å². The van der Waals surface area contributed by atoms with Gasteiger partial charge in [0, 0.05) is 17.3 Å². The highest BCUT2D eigenvalue weighted by Crippen LogP contribution is 2.32. The van der Waals surface area contributed by atoms with Gasteiger partial charge in [-0.3, -0.25) is 9.20 Å². The van der Waals surface area contributed by atoms with Crippen LogP contribution in [0.25, 0.3) is 16.2 Å². The van der Waals surface area contributed by atoms with Crippen LogP contribution in [0, 0.1) is 6.92 Å². The molecular weight excluding hydrogens is 260 g/mol. The Bertz CT molecular complexity index is 740. The molecule has 0 amide bonds. The average Bonchev–Trinajstić information content (AvgIpc) is 2.90. The summed E-state index contributed by atoms with van der Waals surface area (Å²) >= 11 is 1.43. The topological polar surface area (TPSA) is 54.6 Å². The van der Waals surface area contributed by atoms with Crippen molar-refractivity contribution in [2.24, 2.45) is 0 Å². The van der Waals surface area contributed by atoms with Crippen molar-refractivity contribution in [2.75, 3.05) is 0 Å². The van der Waals surface area contributed by atoms with E-state index >= 15 is 0 Å². The molecule has 5 heteroatoms. The summed E-state index contributed by atoms with van der Waals surface area (Å²) in [6.07, 6.45) is 3.62. The zero-order valence-corrected chi connectivity index (χ0v) is 11.1. The van der Waals surface area contributed by atoms with Crippen LogP contribution in [0.5, 0.6) is 0 Å². The Morgan fingerprint density at radius 2 is 2.11 bits per heavy atom. The lowest BCUT2D eigenvalue weighted by molar-refractivity contribution is -0.136. The third-order valence-electron chi connectivity index (χ3n) is 2.96. The number of carboxylic acid groups (broad SMARTS) is 1. The molecule has 3 aromatic rings. The van der Waals surface area contributed by atoms with Gasteiger partial charge >= 0.3 is 5.97 Å². The molecule has 4 nitrogen and oxygen atoms in total. The first-order valence-electron chi connectivity index (χ1n) is 5.89. The van der Waals surface area contributed by atoms with Crippen LogP contribution in [-0.4, -0.2) is 20.5 Å². The minimum Gasteiger partial charge on any atom is -0.481 e. The molecule has 0 spiro atoms. The van der Waals surface area contributed by atoms with Crippen LogP contribution in [-0.2, 0) is 11.2 Å². The Hall–Kier alpha value is -2.14. The van der Waals surface area contributed by atoms with E-state index in [4.69, 9.17) is 5.11 Å². The van der Waals surface area contributed by atoms with Gasteiger partial charge in [0.2, 0.25) is 0 Å². The predicted molar refractivity (Wildman–Crippen MR) is 74.6 cm³/mol. The molecular formula is C14H12N2O2S. The second-order valence-corrected chi connectivity index (χ2v) is 5.45. The highest BCUT2D eigenvalue weighted by atomic mass is 32.1. The van der Waals surface area contributed by atoms with Crippen LogP contribution in [0.2, 0.25) is 0 Å². The van der Waals surface area contributed by atoms with E-state index in [-0.39, 0.29) is 6.42 Å². The molecule has 2 heterocycles. The summed E-state index contributed by atoms with van der Waals surface area (Å²) in [4.78, 5) is 16.9. The van der Waals surface area contributed by atoms with E-state index in [2.05, 4.69) is 4.98 Å². The molecule has 0 saturated heterocycles. The van der Waals surface area contributed by atoms with Gasteiger partial charge in [-0.05, 0) is 12.5 Å². The molecule has 0 radical (unpaired) electrons. The van der Waals surface area contributed by atoms with Gasteiger partial charge < -0.3 is 5.11 Å². The Morgan fingerprint density at radius 3 is 2.79 bits per heavy atom. The smallest absolute Gasteiger partial charge is 0.308 e. The second-order valence-electron chi connectivity index (χ2n) is 4.39. The van der Waals surface area contributed by atoms with E-state index in [1.54, 1.807) is 6.20 Å².